The maximum Gasteiger partial charge on any atom is 0.306 e. The molecule has 2 bridgehead atoms. The van der Waals surface area contributed by atoms with Crippen LogP contribution in [0.25, 0.3) is 0 Å². The minimum atomic E-state index is -0.607. The number of aliphatic carboxylic acids is 1. The second-order valence-corrected chi connectivity index (χ2v) is 4.29. The fraction of sp³-hybridized carbons (Fsp3) is 0.900. The highest BCUT2D eigenvalue weighted by Gasteiger charge is 2.44. The molecule has 0 amide bonds. The van der Waals surface area contributed by atoms with Gasteiger partial charge in [0.15, 0.2) is 0 Å². The summed E-state index contributed by atoms with van der Waals surface area (Å²) in [5.41, 5.74) is 0. The predicted molar refractivity (Wildman–Crippen MR) is 47.4 cm³/mol. The van der Waals surface area contributed by atoms with Crippen molar-refractivity contribution in [1.29, 1.82) is 0 Å². The average Bonchev–Trinajstić information content (AvgIpc) is 2.18. The van der Waals surface area contributed by atoms with Crippen molar-refractivity contribution in [3.05, 3.63) is 0 Å². The quantitative estimate of drug-likeness (QED) is 0.707. The minimum absolute atomic E-state index is 0.0925. The molecule has 3 fully saturated rings. The maximum atomic E-state index is 10.9. The zero-order valence-corrected chi connectivity index (χ0v) is 7.90. The first-order valence-corrected chi connectivity index (χ1v) is 4.98. The van der Waals surface area contributed by atoms with E-state index in [1.54, 1.807) is 7.11 Å². The van der Waals surface area contributed by atoms with Gasteiger partial charge in [-0.1, -0.05) is 0 Å². The zero-order chi connectivity index (χ0) is 9.42. The third-order valence-electron chi connectivity index (χ3n) is 3.71. The van der Waals surface area contributed by atoms with Gasteiger partial charge in [0.05, 0.1) is 12.0 Å². The van der Waals surface area contributed by atoms with E-state index in [1.165, 1.54) is 0 Å². The molecule has 0 radical (unpaired) electrons. The van der Waals surface area contributed by atoms with Crippen LogP contribution >= 0.6 is 0 Å². The molecule has 4 atom stereocenters. The number of fused-ring (bicyclic) bond motifs is 3. The molecular weight excluding hydrogens is 168 g/mol. The summed E-state index contributed by atoms with van der Waals surface area (Å²) in [6.07, 6.45) is 4.36. The second kappa shape index (κ2) is 3.29. The van der Waals surface area contributed by atoms with Crippen LogP contribution in [0.5, 0.6) is 0 Å². The van der Waals surface area contributed by atoms with Gasteiger partial charge in [0.2, 0.25) is 0 Å². The first-order chi connectivity index (χ1) is 6.22. The van der Waals surface area contributed by atoms with Crippen molar-refractivity contribution in [3.63, 3.8) is 0 Å². The number of carboxylic acids is 1. The van der Waals surface area contributed by atoms with Crippen LogP contribution in [0.2, 0.25) is 0 Å². The molecule has 3 saturated carbocycles. The molecule has 0 heterocycles. The van der Waals surface area contributed by atoms with Crippen molar-refractivity contribution in [2.75, 3.05) is 7.11 Å². The van der Waals surface area contributed by atoms with Crippen LogP contribution in [0.3, 0.4) is 0 Å². The molecule has 3 aliphatic rings. The highest BCUT2D eigenvalue weighted by Crippen LogP contribution is 2.46. The highest BCUT2D eigenvalue weighted by molar-refractivity contribution is 5.70. The monoisotopic (exact) mass is 184 g/mol. The van der Waals surface area contributed by atoms with E-state index in [0.29, 0.717) is 17.9 Å². The van der Waals surface area contributed by atoms with E-state index in [9.17, 15) is 4.79 Å². The van der Waals surface area contributed by atoms with Gasteiger partial charge in [-0.25, -0.2) is 0 Å². The summed E-state index contributed by atoms with van der Waals surface area (Å²) in [6, 6.07) is 0. The number of rotatable bonds is 2. The molecule has 74 valence electrons. The number of hydrogen-bond acceptors (Lipinski definition) is 2. The molecule has 13 heavy (non-hydrogen) atoms. The lowest BCUT2D eigenvalue weighted by Crippen LogP contribution is -2.44. The Morgan fingerprint density at radius 3 is 2.46 bits per heavy atom. The maximum absolute atomic E-state index is 10.9. The Bertz CT molecular complexity index is 214. The number of carbonyl (C=O) groups is 1. The van der Waals surface area contributed by atoms with Gasteiger partial charge in [0, 0.05) is 7.11 Å². The van der Waals surface area contributed by atoms with E-state index >= 15 is 0 Å². The molecule has 3 nitrogen and oxygen atoms in total. The molecule has 3 rings (SSSR count). The first-order valence-electron chi connectivity index (χ1n) is 4.98. The molecule has 0 aromatic rings. The van der Waals surface area contributed by atoms with E-state index in [4.69, 9.17) is 9.84 Å². The smallest absolute Gasteiger partial charge is 0.306 e. The number of ether oxygens (including phenoxy) is 1. The molecule has 0 aromatic carbocycles. The van der Waals surface area contributed by atoms with Gasteiger partial charge in [-0.2, -0.15) is 0 Å². The molecule has 0 aromatic heterocycles. The Labute approximate surface area is 78.1 Å². The van der Waals surface area contributed by atoms with Crippen molar-refractivity contribution >= 4 is 5.97 Å². The third kappa shape index (κ3) is 1.46. The summed E-state index contributed by atoms with van der Waals surface area (Å²) in [5.74, 6) is 0.165. The van der Waals surface area contributed by atoms with Crippen LogP contribution in [-0.2, 0) is 9.53 Å². The van der Waals surface area contributed by atoms with Crippen molar-refractivity contribution in [2.24, 2.45) is 17.8 Å². The van der Waals surface area contributed by atoms with E-state index in [-0.39, 0.29) is 5.92 Å². The van der Waals surface area contributed by atoms with Crippen molar-refractivity contribution < 1.29 is 14.6 Å². The summed E-state index contributed by atoms with van der Waals surface area (Å²) >= 11 is 0. The lowest BCUT2D eigenvalue weighted by Gasteiger charge is -2.44. The summed E-state index contributed by atoms with van der Waals surface area (Å²) in [6.45, 7) is 0. The van der Waals surface area contributed by atoms with Crippen LogP contribution in [0.1, 0.15) is 25.7 Å². The second-order valence-electron chi connectivity index (χ2n) is 4.29. The average molecular weight is 184 g/mol. The van der Waals surface area contributed by atoms with E-state index < -0.39 is 5.97 Å². The topological polar surface area (TPSA) is 46.5 Å². The fourth-order valence-electron chi connectivity index (χ4n) is 2.97. The van der Waals surface area contributed by atoms with Crippen molar-refractivity contribution in [3.8, 4) is 0 Å². The molecule has 3 heteroatoms. The van der Waals surface area contributed by atoms with Gasteiger partial charge in [0.1, 0.15) is 0 Å². The van der Waals surface area contributed by atoms with Crippen LogP contribution in [-0.4, -0.2) is 24.3 Å². The lowest BCUT2D eigenvalue weighted by molar-refractivity contribution is -0.152. The number of hydrogen-bond donors (Lipinski definition) is 1. The standard InChI is InChI=1S/C10H16O3/c1-13-9-5-6-2-3-7(9)4-8(6)10(11)12/h6-9H,2-5H2,1H3,(H,11,12)/t6-,7+,8-,9+/m1/s1. The lowest BCUT2D eigenvalue weighted by atomic mass is 9.63. The van der Waals surface area contributed by atoms with Gasteiger partial charge >= 0.3 is 5.97 Å². The first kappa shape index (κ1) is 9.00. The largest absolute Gasteiger partial charge is 0.481 e. The van der Waals surface area contributed by atoms with Crippen molar-refractivity contribution in [1.82, 2.24) is 0 Å². The van der Waals surface area contributed by atoms with Crippen molar-refractivity contribution in [2.45, 2.75) is 31.8 Å². The Morgan fingerprint density at radius 1 is 1.31 bits per heavy atom. The molecule has 0 saturated heterocycles. The summed E-state index contributed by atoms with van der Waals surface area (Å²) < 4.78 is 5.36. The Hall–Kier alpha value is -0.570. The predicted octanol–water partition coefficient (Wildman–Crippen LogP) is 1.52. The van der Waals surface area contributed by atoms with Gasteiger partial charge in [-0.3, -0.25) is 4.79 Å². The van der Waals surface area contributed by atoms with Gasteiger partial charge in [-0.05, 0) is 37.5 Å². The Kier molecular flexibility index (Phi) is 2.28. The Balaban J connectivity index is 2.07. The molecule has 3 aliphatic carbocycles. The molecule has 0 aliphatic heterocycles. The number of carboxylic acid groups (broad SMARTS) is 1. The molecule has 0 spiro atoms. The van der Waals surface area contributed by atoms with Gasteiger partial charge in [0.25, 0.3) is 0 Å². The zero-order valence-electron chi connectivity index (χ0n) is 7.90. The number of methoxy groups -OCH3 is 1. The molecule has 1 N–H and O–H groups in total. The van der Waals surface area contributed by atoms with Gasteiger partial charge < -0.3 is 9.84 Å². The SMILES string of the molecule is CO[C@H]1C[C@H]2CC[C@H]1C[C@H]2C(=O)O. The molecular formula is C10H16O3. The van der Waals surface area contributed by atoms with E-state index in [2.05, 4.69) is 0 Å². The Morgan fingerprint density at radius 2 is 2.00 bits per heavy atom. The summed E-state index contributed by atoms with van der Waals surface area (Å²) in [4.78, 5) is 10.9. The van der Waals surface area contributed by atoms with Crippen LogP contribution in [0.15, 0.2) is 0 Å². The summed E-state index contributed by atoms with van der Waals surface area (Å²) in [5, 5.41) is 8.98. The van der Waals surface area contributed by atoms with E-state index in [1.807, 2.05) is 0 Å². The minimum Gasteiger partial charge on any atom is -0.481 e. The molecule has 0 unspecified atom stereocenters. The highest BCUT2D eigenvalue weighted by atomic mass is 16.5. The van der Waals surface area contributed by atoms with E-state index in [0.717, 1.165) is 25.7 Å². The van der Waals surface area contributed by atoms with Crippen LogP contribution in [0.4, 0.5) is 0 Å². The fourth-order valence-corrected chi connectivity index (χ4v) is 2.97. The normalized spacial score (nSPS) is 43.5. The van der Waals surface area contributed by atoms with Gasteiger partial charge in [-0.15, -0.1) is 0 Å². The summed E-state index contributed by atoms with van der Waals surface area (Å²) in [7, 11) is 1.74. The van der Waals surface area contributed by atoms with Crippen LogP contribution in [0, 0.1) is 17.8 Å². The third-order valence-corrected chi connectivity index (χ3v) is 3.71. The van der Waals surface area contributed by atoms with Crippen LogP contribution < -0.4 is 0 Å².